The summed E-state index contributed by atoms with van der Waals surface area (Å²) < 4.78 is 0. The van der Waals surface area contributed by atoms with Gasteiger partial charge in [0, 0.05) is 6.42 Å². The van der Waals surface area contributed by atoms with Crippen molar-refractivity contribution in [3.05, 3.63) is 12.2 Å². The van der Waals surface area contributed by atoms with Crippen molar-refractivity contribution in [3.63, 3.8) is 0 Å². The van der Waals surface area contributed by atoms with Gasteiger partial charge in [-0.25, -0.2) is 0 Å². The van der Waals surface area contributed by atoms with Crippen molar-refractivity contribution in [3.8, 4) is 0 Å². The molecule has 0 aromatic carbocycles. The van der Waals surface area contributed by atoms with Crippen LogP contribution in [-0.2, 0) is 4.79 Å². The second-order valence-electron chi connectivity index (χ2n) is 3.38. The summed E-state index contributed by atoms with van der Waals surface area (Å²) in [6.45, 7) is 1.68. The summed E-state index contributed by atoms with van der Waals surface area (Å²) in [5, 5.41) is 0. The molecule has 1 atom stereocenters. The lowest BCUT2D eigenvalue weighted by molar-refractivity contribution is -0.117. The van der Waals surface area contributed by atoms with E-state index in [9.17, 15) is 4.79 Å². The van der Waals surface area contributed by atoms with Crippen LogP contribution in [0.2, 0.25) is 0 Å². The maximum absolute atomic E-state index is 10.8. The third kappa shape index (κ3) is 3.35. The van der Waals surface area contributed by atoms with Gasteiger partial charge in [0.15, 0.2) is 0 Å². The van der Waals surface area contributed by atoms with E-state index in [-0.39, 0.29) is 0 Å². The number of rotatable bonds is 2. The largest absolute Gasteiger partial charge is 0.300 e. The first-order chi connectivity index (χ1) is 5.29. The number of ketones is 1. The molecule has 0 bridgehead atoms. The Balaban J connectivity index is 2.36. The smallest absolute Gasteiger partial charge is 0.130 e. The maximum Gasteiger partial charge on any atom is 0.130 e. The average Bonchev–Trinajstić information content (AvgIpc) is 2.14. The first kappa shape index (κ1) is 8.51. The van der Waals surface area contributed by atoms with Gasteiger partial charge in [0.05, 0.1) is 0 Å². The Kier molecular flexibility index (Phi) is 3.34. The molecule has 1 aliphatic carbocycles. The Bertz CT molecular complexity index is 158. The highest BCUT2D eigenvalue weighted by Crippen LogP contribution is 2.19. The van der Waals surface area contributed by atoms with Crippen molar-refractivity contribution in [1.29, 1.82) is 0 Å². The number of hydrogen-bond acceptors (Lipinski definition) is 1. The van der Waals surface area contributed by atoms with Crippen LogP contribution in [0.15, 0.2) is 12.2 Å². The molecule has 1 heteroatoms. The highest BCUT2D eigenvalue weighted by molar-refractivity contribution is 5.75. The van der Waals surface area contributed by atoms with Gasteiger partial charge in [-0.1, -0.05) is 18.6 Å². The Morgan fingerprint density at radius 2 is 2.36 bits per heavy atom. The van der Waals surface area contributed by atoms with Crippen LogP contribution in [0.25, 0.3) is 0 Å². The first-order valence-electron chi connectivity index (χ1n) is 4.45. The second kappa shape index (κ2) is 4.32. The molecule has 0 saturated heterocycles. The highest BCUT2D eigenvalue weighted by atomic mass is 16.1. The summed E-state index contributed by atoms with van der Waals surface area (Å²) in [5.74, 6) is 0.858. The zero-order valence-corrected chi connectivity index (χ0v) is 7.18. The summed E-state index contributed by atoms with van der Waals surface area (Å²) in [6.07, 6.45) is 10.2. The molecule has 1 rings (SSSR count). The molecule has 0 aliphatic heterocycles. The minimum absolute atomic E-state index is 0.321. The zero-order valence-electron chi connectivity index (χ0n) is 7.18. The van der Waals surface area contributed by atoms with Gasteiger partial charge in [-0.3, -0.25) is 0 Å². The molecule has 0 saturated carbocycles. The van der Waals surface area contributed by atoms with E-state index in [2.05, 4.69) is 12.2 Å². The average molecular weight is 152 g/mol. The van der Waals surface area contributed by atoms with Crippen molar-refractivity contribution in [2.75, 3.05) is 0 Å². The standard InChI is InChI=1S/C10H16O/c1-9(11)8-10-6-4-2-3-5-7-10/h4,6,10H,2-3,5,7-8H2,1H3. The van der Waals surface area contributed by atoms with E-state index in [1.807, 2.05) is 0 Å². The lowest BCUT2D eigenvalue weighted by Crippen LogP contribution is -2.01. The van der Waals surface area contributed by atoms with Crippen LogP contribution in [0.1, 0.15) is 39.0 Å². The van der Waals surface area contributed by atoms with E-state index < -0.39 is 0 Å². The molecular weight excluding hydrogens is 136 g/mol. The normalized spacial score (nSPS) is 24.6. The van der Waals surface area contributed by atoms with E-state index >= 15 is 0 Å². The van der Waals surface area contributed by atoms with Crippen LogP contribution in [-0.4, -0.2) is 5.78 Å². The van der Waals surface area contributed by atoms with Crippen LogP contribution in [0.4, 0.5) is 0 Å². The fourth-order valence-electron chi connectivity index (χ4n) is 1.59. The lowest BCUT2D eigenvalue weighted by atomic mass is 9.98. The third-order valence-electron chi connectivity index (χ3n) is 2.15. The molecule has 1 nitrogen and oxygen atoms in total. The van der Waals surface area contributed by atoms with Crippen molar-refractivity contribution >= 4 is 5.78 Å². The third-order valence-corrected chi connectivity index (χ3v) is 2.15. The summed E-state index contributed by atoms with van der Waals surface area (Å²) in [5.41, 5.74) is 0. The fourth-order valence-corrected chi connectivity index (χ4v) is 1.59. The van der Waals surface area contributed by atoms with E-state index in [1.54, 1.807) is 6.92 Å². The molecule has 0 amide bonds. The summed E-state index contributed by atoms with van der Waals surface area (Å²) in [7, 11) is 0. The van der Waals surface area contributed by atoms with Gasteiger partial charge < -0.3 is 4.79 Å². The molecule has 0 spiro atoms. The quantitative estimate of drug-likeness (QED) is 0.556. The van der Waals surface area contributed by atoms with Crippen LogP contribution in [0.3, 0.4) is 0 Å². The van der Waals surface area contributed by atoms with Crippen molar-refractivity contribution in [2.24, 2.45) is 5.92 Å². The Morgan fingerprint density at radius 1 is 1.55 bits per heavy atom. The molecule has 0 aromatic heterocycles. The van der Waals surface area contributed by atoms with Gasteiger partial charge in [-0.2, -0.15) is 0 Å². The monoisotopic (exact) mass is 152 g/mol. The zero-order chi connectivity index (χ0) is 8.10. The molecule has 0 heterocycles. The number of carbonyl (C=O) groups is 1. The van der Waals surface area contributed by atoms with Crippen LogP contribution in [0.5, 0.6) is 0 Å². The molecule has 1 unspecified atom stereocenters. The lowest BCUT2D eigenvalue weighted by Gasteiger charge is -2.06. The van der Waals surface area contributed by atoms with E-state index in [1.165, 1.54) is 25.7 Å². The molecule has 0 aromatic rings. The predicted octanol–water partition coefficient (Wildman–Crippen LogP) is 2.71. The van der Waals surface area contributed by atoms with Crippen LogP contribution >= 0.6 is 0 Å². The summed E-state index contributed by atoms with van der Waals surface area (Å²) in [6, 6.07) is 0. The van der Waals surface area contributed by atoms with E-state index in [4.69, 9.17) is 0 Å². The Morgan fingerprint density at radius 3 is 3.09 bits per heavy atom. The molecule has 11 heavy (non-hydrogen) atoms. The molecule has 0 N–H and O–H groups in total. The van der Waals surface area contributed by atoms with Gasteiger partial charge in [0.1, 0.15) is 5.78 Å². The van der Waals surface area contributed by atoms with Gasteiger partial charge in [0.25, 0.3) is 0 Å². The van der Waals surface area contributed by atoms with Gasteiger partial charge in [0.2, 0.25) is 0 Å². The Labute approximate surface area is 68.5 Å². The number of carbonyl (C=O) groups excluding carboxylic acids is 1. The number of Topliss-reactive ketones (excluding diaryl/α,β-unsaturated/α-hetero) is 1. The van der Waals surface area contributed by atoms with Crippen LogP contribution < -0.4 is 0 Å². The van der Waals surface area contributed by atoms with Crippen molar-refractivity contribution < 1.29 is 4.79 Å². The number of allylic oxidation sites excluding steroid dienone is 2. The first-order valence-corrected chi connectivity index (χ1v) is 4.45. The molecule has 62 valence electrons. The Hall–Kier alpha value is -0.590. The molecule has 1 aliphatic rings. The van der Waals surface area contributed by atoms with Gasteiger partial charge >= 0.3 is 0 Å². The molecule has 0 radical (unpaired) electrons. The molecule has 0 fully saturated rings. The highest BCUT2D eigenvalue weighted by Gasteiger charge is 2.08. The minimum Gasteiger partial charge on any atom is -0.300 e. The van der Waals surface area contributed by atoms with E-state index in [0.29, 0.717) is 11.7 Å². The minimum atomic E-state index is 0.321. The summed E-state index contributed by atoms with van der Waals surface area (Å²) in [4.78, 5) is 10.8. The number of hydrogen-bond donors (Lipinski definition) is 0. The van der Waals surface area contributed by atoms with E-state index in [0.717, 1.165) is 6.42 Å². The fraction of sp³-hybridized carbons (Fsp3) is 0.700. The maximum atomic E-state index is 10.8. The second-order valence-corrected chi connectivity index (χ2v) is 3.38. The van der Waals surface area contributed by atoms with Crippen LogP contribution in [0, 0.1) is 5.92 Å². The van der Waals surface area contributed by atoms with Crippen molar-refractivity contribution in [2.45, 2.75) is 39.0 Å². The summed E-state index contributed by atoms with van der Waals surface area (Å²) >= 11 is 0. The van der Waals surface area contributed by atoms with Gasteiger partial charge in [-0.05, 0) is 32.1 Å². The topological polar surface area (TPSA) is 17.1 Å². The van der Waals surface area contributed by atoms with Gasteiger partial charge in [-0.15, -0.1) is 0 Å². The van der Waals surface area contributed by atoms with Crippen molar-refractivity contribution in [1.82, 2.24) is 0 Å². The molecular formula is C10H16O. The predicted molar refractivity (Wildman–Crippen MR) is 46.4 cm³/mol. The SMILES string of the molecule is CC(=O)CC1C=CCCCC1.